The van der Waals surface area contributed by atoms with Crippen molar-refractivity contribution >= 4 is 45.4 Å². The van der Waals surface area contributed by atoms with Gasteiger partial charge in [0.15, 0.2) is 5.41 Å². The highest BCUT2D eigenvalue weighted by atomic mass is 79.9. The van der Waals surface area contributed by atoms with E-state index in [9.17, 15) is 14.4 Å². The molecule has 0 unspecified atom stereocenters. The number of benzene rings is 3. The molecule has 3 aromatic carbocycles. The molecule has 0 amide bonds. The van der Waals surface area contributed by atoms with Crippen LogP contribution in [0, 0.1) is 5.41 Å². The molecule has 4 rings (SSSR count). The van der Waals surface area contributed by atoms with Crippen LogP contribution in [0.4, 0.5) is 0 Å². The number of rotatable bonds is 7. The molecule has 1 aliphatic rings. The van der Waals surface area contributed by atoms with Crippen LogP contribution in [-0.2, 0) is 29.4 Å². The summed E-state index contributed by atoms with van der Waals surface area (Å²) in [6.45, 7) is 3.23. The van der Waals surface area contributed by atoms with Gasteiger partial charge in [0.05, 0.1) is 12.0 Å². The summed E-state index contributed by atoms with van der Waals surface area (Å²) in [5.41, 5.74) is -1.07. The van der Waals surface area contributed by atoms with E-state index in [2.05, 4.69) is 15.9 Å². The van der Waals surface area contributed by atoms with E-state index in [0.29, 0.717) is 10.6 Å². The maximum absolute atomic E-state index is 13.9. The van der Waals surface area contributed by atoms with Gasteiger partial charge in [0.2, 0.25) is 0 Å². The quantitative estimate of drug-likeness (QED) is 0.241. The monoisotopic (exact) mass is 570 g/mol. The summed E-state index contributed by atoms with van der Waals surface area (Å²) >= 11 is 9.43. The summed E-state index contributed by atoms with van der Waals surface area (Å²) in [6.07, 6.45) is -1.48. The van der Waals surface area contributed by atoms with E-state index in [0.717, 1.165) is 10.0 Å². The number of esters is 3. The molecule has 0 aromatic heterocycles. The highest BCUT2D eigenvalue weighted by Gasteiger charge is 2.57. The Morgan fingerprint density at radius 1 is 1.00 bits per heavy atom. The molecule has 2 atom stereocenters. The number of ether oxygens (including phenoxy) is 3. The Kier molecular flexibility index (Phi) is 7.52. The number of hydrogen-bond donors (Lipinski definition) is 0. The molecule has 0 radical (unpaired) electrons. The SMILES string of the molecule is CC(C)(OC(=O)[C@@]1([C@H](OC(=O)c2ccc(Br)cc2)c2ccc(Cl)cc2)COC(=O)C1)c1ccccc1. The van der Waals surface area contributed by atoms with E-state index in [1.54, 1.807) is 62.4 Å². The first-order valence-corrected chi connectivity index (χ1v) is 12.4. The second-order valence-corrected chi connectivity index (χ2v) is 10.5. The smallest absolute Gasteiger partial charge is 0.338 e. The molecule has 36 heavy (non-hydrogen) atoms. The van der Waals surface area contributed by atoms with E-state index >= 15 is 0 Å². The van der Waals surface area contributed by atoms with Gasteiger partial charge in [-0.2, -0.15) is 0 Å². The average molecular weight is 572 g/mol. The molecule has 8 heteroatoms. The lowest BCUT2D eigenvalue weighted by atomic mass is 9.77. The van der Waals surface area contributed by atoms with Crippen molar-refractivity contribution in [1.82, 2.24) is 0 Å². The van der Waals surface area contributed by atoms with Gasteiger partial charge < -0.3 is 14.2 Å². The molecular formula is C28H24BrClO6. The third-order valence-corrected chi connectivity index (χ3v) is 6.93. The zero-order valence-electron chi connectivity index (χ0n) is 19.7. The highest BCUT2D eigenvalue weighted by molar-refractivity contribution is 9.10. The molecule has 0 bridgehead atoms. The van der Waals surface area contributed by atoms with Gasteiger partial charge in [-0.15, -0.1) is 0 Å². The summed E-state index contributed by atoms with van der Waals surface area (Å²) in [6, 6.07) is 22.4. The number of hydrogen-bond acceptors (Lipinski definition) is 6. The van der Waals surface area contributed by atoms with Gasteiger partial charge in [0.25, 0.3) is 0 Å². The summed E-state index contributed by atoms with van der Waals surface area (Å²) in [7, 11) is 0. The zero-order valence-corrected chi connectivity index (χ0v) is 22.0. The molecular weight excluding hydrogens is 548 g/mol. The van der Waals surface area contributed by atoms with Crippen LogP contribution in [0.3, 0.4) is 0 Å². The summed E-state index contributed by atoms with van der Waals surface area (Å²) in [4.78, 5) is 39.4. The molecule has 0 N–H and O–H groups in total. The first kappa shape index (κ1) is 25.9. The van der Waals surface area contributed by atoms with Crippen molar-refractivity contribution in [1.29, 1.82) is 0 Å². The van der Waals surface area contributed by atoms with E-state index in [-0.39, 0.29) is 18.6 Å². The van der Waals surface area contributed by atoms with Crippen molar-refractivity contribution in [2.75, 3.05) is 6.61 Å². The predicted octanol–water partition coefficient (Wildman–Crippen LogP) is 6.41. The second kappa shape index (κ2) is 10.4. The van der Waals surface area contributed by atoms with Crippen molar-refractivity contribution in [3.63, 3.8) is 0 Å². The summed E-state index contributed by atoms with van der Waals surface area (Å²) in [5.74, 6) is -1.94. The molecule has 186 valence electrons. The third kappa shape index (κ3) is 5.47. The van der Waals surface area contributed by atoms with Crippen molar-refractivity contribution in [2.24, 2.45) is 5.41 Å². The fraction of sp³-hybridized carbons (Fsp3) is 0.250. The maximum Gasteiger partial charge on any atom is 0.338 e. The fourth-order valence-electron chi connectivity index (χ4n) is 4.11. The molecule has 0 saturated carbocycles. The van der Waals surface area contributed by atoms with Gasteiger partial charge in [-0.3, -0.25) is 9.59 Å². The lowest BCUT2D eigenvalue weighted by Gasteiger charge is -2.36. The van der Waals surface area contributed by atoms with Crippen LogP contribution in [0.1, 0.15) is 47.9 Å². The van der Waals surface area contributed by atoms with Gasteiger partial charge in [-0.25, -0.2) is 4.79 Å². The summed E-state index contributed by atoms with van der Waals surface area (Å²) in [5, 5.41) is 0.470. The van der Waals surface area contributed by atoms with E-state index < -0.39 is 35.0 Å². The van der Waals surface area contributed by atoms with Crippen molar-refractivity contribution in [3.05, 3.63) is 105 Å². The summed E-state index contributed by atoms with van der Waals surface area (Å²) < 4.78 is 18.0. The first-order chi connectivity index (χ1) is 17.1. The van der Waals surface area contributed by atoms with Crippen LogP contribution in [0.25, 0.3) is 0 Å². The van der Waals surface area contributed by atoms with Gasteiger partial charge in [-0.05, 0) is 61.4 Å². The highest BCUT2D eigenvalue weighted by Crippen LogP contribution is 2.47. The lowest BCUT2D eigenvalue weighted by Crippen LogP contribution is -2.44. The predicted molar refractivity (Wildman–Crippen MR) is 137 cm³/mol. The maximum atomic E-state index is 13.9. The van der Waals surface area contributed by atoms with Crippen LogP contribution in [0.2, 0.25) is 5.02 Å². The first-order valence-electron chi connectivity index (χ1n) is 11.3. The second-order valence-electron chi connectivity index (χ2n) is 9.10. The fourth-order valence-corrected chi connectivity index (χ4v) is 4.50. The minimum Gasteiger partial charge on any atom is -0.464 e. The standard InChI is InChI=1S/C28H24BrClO6/c1-27(2,20-6-4-3-5-7-20)36-26(33)28(16-23(31)34-17-28)24(18-10-14-22(30)15-11-18)35-25(32)19-8-12-21(29)13-9-19/h3-15,24H,16-17H2,1-2H3/t24-,28-/m1/s1. The Bertz CT molecular complexity index is 1260. The van der Waals surface area contributed by atoms with E-state index in [1.807, 2.05) is 30.3 Å². The molecule has 1 aliphatic heterocycles. The molecule has 6 nitrogen and oxygen atoms in total. The largest absolute Gasteiger partial charge is 0.464 e. The Morgan fingerprint density at radius 2 is 1.64 bits per heavy atom. The zero-order chi connectivity index (χ0) is 25.9. The van der Waals surface area contributed by atoms with Gasteiger partial charge in [0, 0.05) is 9.50 Å². The minimum absolute atomic E-state index is 0.288. The Morgan fingerprint density at radius 3 is 2.22 bits per heavy atom. The molecule has 1 fully saturated rings. The lowest BCUT2D eigenvalue weighted by molar-refractivity contribution is -0.178. The van der Waals surface area contributed by atoms with E-state index in [4.69, 9.17) is 25.8 Å². The average Bonchev–Trinajstić information content (AvgIpc) is 3.26. The van der Waals surface area contributed by atoms with Crippen molar-refractivity contribution in [2.45, 2.75) is 32.0 Å². The molecule has 0 spiro atoms. The number of carbonyl (C=O) groups is 3. The Labute approximate surface area is 222 Å². The number of carbonyl (C=O) groups excluding carboxylic acids is 3. The molecule has 1 saturated heterocycles. The topological polar surface area (TPSA) is 78.9 Å². The Balaban J connectivity index is 1.74. The minimum atomic E-state index is -1.60. The molecule has 1 heterocycles. The van der Waals surface area contributed by atoms with Crippen LogP contribution >= 0.6 is 27.5 Å². The van der Waals surface area contributed by atoms with E-state index in [1.165, 1.54) is 0 Å². The van der Waals surface area contributed by atoms with Gasteiger partial charge in [0.1, 0.15) is 18.3 Å². The molecule has 0 aliphatic carbocycles. The van der Waals surface area contributed by atoms with Crippen LogP contribution in [-0.4, -0.2) is 24.5 Å². The number of halogens is 2. The van der Waals surface area contributed by atoms with Crippen LogP contribution < -0.4 is 0 Å². The molecule has 3 aromatic rings. The van der Waals surface area contributed by atoms with Crippen molar-refractivity contribution in [3.8, 4) is 0 Å². The van der Waals surface area contributed by atoms with Crippen molar-refractivity contribution < 1.29 is 28.6 Å². The van der Waals surface area contributed by atoms with Crippen LogP contribution in [0.15, 0.2) is 83.3 Å². The number of cyclic esters (lactones) is 1. The third-order valence-electron chi connectivity index (χ3n) is 6.15. The normalized spacial score (nSPS) is 18.3. The van der Waals surface area contributed by atoms with Crippen LogP contribution in [0.5, 0.6) is 0 Å². The van der Waals surface area contributed by atoms with Gasteiger partial charge >= 0.3 is 17.9 Å². The van der Waals surface area contributed by atoms with Gasteiger partial charge in [-0.1, -0.05) is 70.0 Å². The Hall–Kier alpha value is -3.16.